The molecular formula is C21H21N3O2. The lowest BCUT2D eigenvalue weighted by molar-refractivity contribution is -0.114. The van der Waals surface area contributed by atoms with Gasteiger partial charge in [0.05, 0.1) is 0 Å². The Bertz CT molecular complexity index is 1140. The Balaban J connectivity index is 1.82. The Morgan fingerprint density at radius 2 is 1.88 bits per heavy atom. The number of nitrogens with zero attached hydrogens (tertiary/aromatic N) is 2. The van der Waals surface area contributed by atoms with Crippen LogP contribution in [0.1, 0.15) is 26.8 Å². The zero-order valence-electron chi connectivity index (χ0n) is 15.0. The Kier molecular flexibility index (Phi) is 3.72. The first-order valence-corrected chi connectivity index (χ1v) is 8.66. The van der Waals surface area contributed by atoms with Crippen LogP contribution in [0.3, 0.4) is 0 Å². The molecule has 132 valence electrons. The van der Waals surface area contributed by atoms with E-state index in [0.29, 0.717) is 17.1 Å². The first kappa shape index (κ1) is 16.3. The summed E-state index contributed by atoms with van der Waals surface area (Å²) in [6, 6.07) is 14.2. The number of hydrogen-bond acceptors (Lipinski definition) is 2. The molecule has 0 radical (unpaired) electrons. The third-order valence-electron chi connectivity index (χ3n) is 4.65. The van der Waals surface area contributed by atoms with Crippen LogP contribution in [0.4, 0.5) is 5.69 Å². The summed E-state index contributed by atoms with van der Waals surface area (Å²) < 4.78 is 4.00. The molecule has 0 fully saturated rings. The van der Waals surface area contributed by atoms with Crippen LogP contribution in [-0.4, -0.2) is 20.1 Å². The number of nitrogens with one attached hydrogen (secondary N) is 1. The molecule has 0 unspecified atom stereocenters. The highest BCUT2D eigenvalue weighted by molar-refractivity contribution is 5.96. The van der Waals surface area contributed by atoms with Crippen LogP contribution in [0.5, 0.6) is 5.88 Å². The van der Waals surface area contributed by atoms with Gasteiger partial charge in [0.1, 0.15) is 0 Å². The van der Waals surface area contributed by atoms with Crippen LogP contribution in [0.2, 0.25) is 0 Å². The largest absolute Gasteiger partial charge is 0.494 e. The molecule has 0 saturated carbocycles. The standard InChI is InChI=1S/C21H21N3O2/c1-13(2)23-9-8-15-10-18(6-7-20(15)23)24-12-16-4-5-17(22-14(3)25)11-19(16)21(24)26/h4-13,26H,1-3H3,(H,22,25). The van der Waals surface area contributed by atoms with Gasteiger partial charge in [-0.3, -0.25) is 9.36 Å². The first-order valence-electron chi connectivity index (χ1n) is 8.66. The molecule has 2 N–H and O–H groups in total. The number of amides is 1. The highest BCUT2D eigenvalue weighted by atomic mass is 16.3. The number of rotatable bonds is 3. The molecule has 2 aromatic carbocycles. The van der Waals surface area contributed by atoms with Gasteiger partial charge in [0.2, 0.25) is 11.8 Å². The van der Waals surface area contributed by atoms with Gasteiger partial charge in [-0.05, 0) is 50.2 Å². The summed E-state index contributed by atoms with van der Waals surface area (Å²) >= 11 is 0. The van der Waals surface area contributed by atoms with Crippen LogP contribution in [-0.2, 0) is 4.79 Å². The maximum Gasteiger partial charge on any atom is 0.221 e. The van der Waals surface area contributed by atoms with Crippen molar-refractivity contribution >= 4 is 33.3 Å². The number of benzene rings is 2. The van der Waals surface area contributed by atoms with E-state index < -0.39 is 0 Å². The van der Waals surface area contributed by atoms with Gasteiger partial charge < -0.3 is 15.0 Å². The minimum atomic E-state index is -0.136. The fraction of sp³-hybridized carbons (Fsp3) is 0.190. The summed E-state index contributed by atoms with van der Waals surface area (Å²) in [7, 11) is 0. The van der Waals surface area contributed by atoms with E-state index in [-0.39, 0.29) is 11.8 Å². The lowest BCUT2D eigenvalue weighted by atomic mass is 10.2. The molecule has 5 nitrogen and oxygen atoms in total. The van der Waals surface area contributed by atoms with E-state index in [9.17, 15) is 9.90 Å². The third-order valence-corrected chi connectivity index (χ3v) is 4.65. The second kappa shape index (κ2) is 5.95. The van der Waals surface area contributed by atoms with Crippen molar-refractivity contribution in [2.75, 3.05) is 5.32 Å². The number of anilines is 1. The van der Waals surface area contributed by atoms with Crippen molar-refractivity contribution in [3.63, 3.8) is 0 Å². The van der Waals surface area contributed by atoms with Gasteiger partial charge in [-0.1, -0.05) is 6.07 Å². The molecule has 5 heteroatoms. The van der Waals surface area contributed by atoms with Crippen molar-refractivity contribution < 1.29 is 9.90 Å². The molecule has 0 spiro atoms. The number of carbonyl (C=O) groups excluding carboxylic acids is 1. The lowest BCUT2D eigenvalue weighted by Gasteiger charge is -2.10. The zero-order chi connectivity index (χ0) is 18.4. The molecule has 26 heavy (non-hydrogen) atoms. The zero-order valence-corrected chi connectivity index (χ0v) is 15.0. The van der Waals surface area contributed by atoms with Gasteiger partial charge in [-0.25, -0.2) is 0 Å². The van der Waals surface area contributed by atoms with Crippen molar-refractivity contribution in [2.24, 2.45) is 0 Å². The van der Waals surface area contributed by atoms with Crippen molar-refractivity contribution in [3.8, 4) is 11.6 Å². The van der Waals surface area contributed by atoms with Crippen molar-refractivity contribution in [1.82, 2.24) is 9.13 Å². The average Bonchev–Trinajstić information content (AvgIpc) is 3.15. The van der Waals surface area contributed by atoms with Crippen LogP contribution in [0, 0.1) is 0 Å². The van der Waals surface area contributed by atoms with Gasteiger partial charge in [-0.15, -0.1) is 0 Å². The highest BCUT2D eigenvalue weighted by Crippen LogP contribution is 2.33. The molecule has 4 aromatic rings. The predicted octanol–water partition coefficient (Wildman–Crippen LogP) is 4.83. The van der Waals surface area contributed by atoms with E-state index in [2.05, 4.69) is 48.1 Å². The Labute approximate surface area is 151 Å². The van der Waals surface area contributed by atoms with Gasteiger partial charge in [0, 0.05) is 58.4 Å². The number of aromatic hydroxyl groups is 1. The van der Waals surface area contributed by atoms with Gasteiger partial charge in [0.25, 0.3) is 0 Å². The fourth-order valence-corrected chi connectivity index (χ4v) is 3.42. The summed E-state index contributed by atoms with van der Waals surface area (Å²) in [5.74, 6) is 0.0261. The van der Waals surface area contributed by atoms with E-state index in [0.717, 1.165) is 16.5 Å². The van der Waals surface area contributed by atoms with E-state index in [1.54, 1.807) is 10.6 Å². The second-order valence-corrected chi connectivity index (χ2v) is 6.87. The van der Waals surface area contributed by atoms with Crippen molar-refractivity contribution in [1.29, 1.82) is 0 Å². The second-order valence-electron chi connectivity index (χ2n) is 6.87. The maximum atomic E-state index is 11.3. The molecule has 0 bridgehead atoms. The Hall–Kier alpha value is -3.21. The number of fused-ring (bicyclic) bond motifs is 2. The van der Waals surface area contributed by atoms with E-state index in [1.165, 1.54) is 12.4 Å². The molecule has 0 saturated heterocycles. The number of aromatic nitrogens is 2. The summed E-state index contributed by atoms with van der Waals surface area (Å²) in [5, 5.41) is 16.2. The van der Waals surface area contributed by atoms with E-state index in [4.69, 9.17) is 0 Å². The van der Waals surface area contributed by atoms with Crippen LogP contribution in [0.15, 0.2) is 54.9 Å². The SMILES string of the molecule is CC(=O)Nc1ccc2cn(-c3ccc4c(ccn4C(C)C)c3)c(O)c2c1. The van der Waals surface area contributed by atoms with Crippen LogP contribution < -0.4 is 5.32 Å². The molecule has 0 atom stereocenters. The van der Waals surface area contributed by atoms with Crippen LogP contribution >= 0.6 is 0 Å². The topological polar surface area (TPSA) is 59.2 Å². The van der Waals surface area contributed by atoms with Gasteiger partial charge in [0.15, 0.2) is 0 Å². The molecule has 0 aliphatic carbocycles. The fourth-order valence-electron chi connectivity index (χ4n) is 3.42. The first-order chi connectivity index (χ1) is 12.4. The maximum absolute atomic E-state index is 11.3. The van der Waals surface area contributed by atoms with Crippen molar-refractivity contribution in [3.05, 3.63) is 54.9 Å². The molecule has 1 amide bonds. The van der Waals surface area contributed by atoms with Gasteiger partial charge in [-0.2, -0.15) is 0 Å². The van der Waals surface area contributed by atoms with E-state index in [1.807, 2.05) is 24.4 Å². The molecule has 2 aromatic heterocycles. The summed E-state index contributed by atoms with van der Waals surface area (Å²) in [6.07, 6.45) is 3.99. The highest BCUT2D eigenvalue weighted by Gasteiger charge is 2.12. The van der Waals surface area contributed by atoms with Crippen LogP contribution in [0.25, 0.3) is 27.4 Å². The average molecular weight is 347 g/mol. The Morgan fingerprint density at radius 1 is 1.08 bits per heavy atom. The number of hydrogen-bond donors (Lipinski definition) is 2. The smallest absolute Gasteiger partial charge is 0.221 e. The minimum absolute atomic E-state index is 0.136. The van der Waals surface area contributed by atoms with Gasteiger partial charge >= 0.3 is 0 Å². The number of carbonyl (C=O) groups is 1. The monoisotopic (exact) mass is 347 g/mol. The molecule has 0 aliphatic rings. The minimum Gasteiger partial charge on any atom is -0.494 e. The summed E-state index contributed by atoms with van der Waals surface area (Å²) in [5.41, 5.74) is 2.74. The summed E-state index contributed by atoms with van der Waals surface area (Å²) in [6.45, 7) is 5.78. The normalized spacial score (nSPS) is 11.5. The molecule has 4 rings (SSSR count). The quantitative estimate of drug-likeness (QED) is 0.558. The van der Waals surface area contributed by atoms with Crippen molar-refractivity contribution in [2.45, 2.75) is 26.8 Å². The lowest BCUT2D eigenvalue weighted by Crippen LogP contribution is -2.05. The molecule has 0 aliphatic heterocycles. The van der Waals surface area contributed by atoms with E-state index >= 15 is 0 Å². The third kappa shape index (κ3) is 2.62. The molecular weight excluding hydrogens is 326 g/mol. The predicted molar refractivity (Wildman–Crippen MR) is 105 cm³/mol. The Morgan fingerprint density at radius 3 is 2.62 bits per heavy atom. The molecule has 2 heterocycles. The summed E-state index contributed by atoms with van der Waals surface area (Å²) in [4.78, 5) is 11.3.